The third kappa shape index (κ3) is 5.31. The zero-order valence-electron chi connectivity index (χ0n) is 18.5. The smallest absolute Gasteiger partial charge is 0.326 e. The minimum absolute atomic E-state index is 0.0608. The molecular formula is C25H25BrN2O5S. The summed E-state index contributed by atoms with van der Waals surface area (Å²) in [5.41, 5.74) is 3.70. The summed E-state index contributed by atoms with van der Waals surface area (Å²) in [5, 5.41) is 23.0. The lowest BCUT2D eigenvalue weighted by molar-refractivity contribution is -0.142. The largest absolute Gasteiger partial charge is 0.508 e. The lowest BCUT2D eigenvalue weighted by Crippen LogP contribution is -2.46. The predicted molar refractivity (Wildman–Crippen MR) is 135 cm³/mol. The summed E-state index contributed by atoms with van der Waals surface area (Å²) < 4.78 is 0.974. The van der Waals surface area contributed by atoms with Crippen LogP contribution in [0.2, 0.25) is 0 Å². The van der Waals surface area contributed by atoms with E-state index in [1.165, 1.54) is 12.5 Å². The van der Waals surface area contributed by atoms with Gasteiger partial charge in [-0.05, 0) is 65.8 Å². The van der Waals surface area contributed by atoms with Crippen LogP contribution >= 0.6 is 27.7 Å². The summed E-state index contributed by atoms with van der Waals surface area (Å²) in [6, 6.07) is 9.68. The van der Waals surface area contributed by atoms with E-state index < -0.39 is 17.9 Å². The summed E-state index contributed by atoms with van der Waals surface area (Å²) in [4.78, 5) is 40.2. The van der Waals surface area contributed by atoms with Gasteiger partial charge in [-0.2, -0.15) is 0 Å². The van der Waals surface area contributed by atoms with Gasteiger partial charge in [0.25, 0.3) is 0 Å². The summed E-state index contributed by atoms with van der Waals surface area (Å²) >= 11 is 4.57. The SMILES string of the molecule is CC(=O)SCC(C(=O)NC(Cc1c[nH]c2ccc(O)cc12)C(=O)O)C1CCc2cc(Br)ccc21. The van der Waals surface area contributed by atoms with Crippen molar-refractivity contribution in [3.63, 3.8) is 0 Å². The zero-order valence-corrected chi connectivity index (χ0v) is 20.9. The molecule has 4 N–H and O–H groups in total. The molecule has 4 rings (SSSR count). The van der Waals surface area contributed by atoms with E-state index in [4.69, 9.17) is 0 Å². The molecule has 0 saturated carbocycles. The fraction of sp³-hybridized carbons (Fsp3) is 0.320. The molecule has 1 heterocycles. The average molecular weight is 545 g/mol. The number of hydrogen-bond donors (Lipinski definition) is 4. The second-order valence-corrected chi connectivity index (χ2v) is 10.7. The van der Waals surface area contributed by atoms with E-state index in [-0.39, 0.29) is 34.9 Å². The van der Waals surface area contributed by atoms with E-state index in [1.807, 2.05) is 12.1 Å². The molecule has 0 spiro atoms. The maximum absolute atomic E-state index is 13.4. The van der Waals surface area contributed by atoms with Crippen LogP contribution in [0.5, 0.6) is 5.75 Å². The Hall–Kier alpha value is -2.78. The van der Waals surface area contributed by atoms with Crippen LogP contribution in [0, 0.1) is 5.92 Å². The highest BCUT2D eigenvalue weighted by atomic mass is 79.9. The summed E-state index contributed by atoms with van der Waals surface area (Å²) in [6.07, 6.45) is 3.35. The van der Waals surface area contributed by atoms with E-state index in [0.29, 0.717) is 10.9 Å². The molecule has 3 atom stereocenters. The Balaban J connectivity index is 1.57. The normalized spacial score (nSPS) is 16.7. The molecule has 178 valence electrons. The predicted octanol–water partition coefficient (Wildman–Crippen LogP) is 4.37. The van der Waals surface area contributed by atoms with Crippen molar-refractivity contribution < 1.29 is 24.6 Å². The lowest BCUT2D eigenvalue weighted by Gasteiger charge is -2.25. The van der Waals surface area contributed by atoms with Gasteiger partial charge in [-0.3, -0.25) is 9.59 Å². The molecule has 1 aliphatic rings. The number of carboxylic acid groups (broad SMARTS) is 1. The number of phenols is 1. The molecule has 2 aromatic carbocycles. The van der Waals surface area contributed by atoms with Gasteiger partial charge in [0.1, 0.15) is 11.8 Å². The van der Waals surface area contributed by atoms with Crippen molar-refractivity contribution in [3.8, 4) is 5.75 Å². The van der Waals surface area contributed by atoms with Crippen molar-refractivity contribution >= 4 is 55.6 Å². The van der Waals surface area contributed by atoms with Gasteiger partial charge in [-0.1, -0.05) is 33.8 Å². The molecule has 0 saturated heterocycles. The van der Waals surface area contributed by atoms with Crippen molar-refractivity contribution in [1.82, 2.24) is 10.3 Å². The van der Waals surface area contributed by atoms with Gasteiger partial charge in [-0.15, -0.1) is 0 Å². The number of phenolic OH excluding ortho intramolecular Hbond substituents is 1. The number of carbonyl (C=O) groups excluding carboxylic acids is 2. The Labute approximate surface area is 209 Å². The average Bonchev–Trinajstić information content (AvgIpc) is 3.37. The standard InChI is InChI=1S/C25H25BrN2O5S/c1-13(29)34-12-21(19-5-2-14-8-16(26)3-6-18(14)19)24(31)28-23(25(32)33)9-15-11-27-22-7-4-17(30)10-20(15)22/h3-4,6-8,10-11,19,21,23,27,30H,2,5,9,12H2,1H3,(H,28,31)(H,32,33). The van der Waals surface area contributed by atoms with Gasteiger partial charge in [0.05, 0.1) is 5.92 Å². The number of aliphatic carboxylic acids is 1. The van der Waals surface area contributed by atoms with Gasteiger partial charge >= 0.3 is 5.97 Å². The van der Waals surface area contributed by atoms with Gasteiger partial charge in [0.15, 0.2) is 5.12 Å². The maximum atomic E-state index is 13.4. The number of aryl methyl sites for hydroxylation is 1. The van der Waals surface area contributed by atoms with E-state index in [1.54, 1.807) is 24.4 Å². The minimum Gasteiger partial charge on any atom is -0.508 e. The van der Waals surface area contributed by atoms with Crippen LogP contribution in [0.1, 0.15) is 36.0 Å². The quantitative estimate of drug-likeness (QED) is 0.334. The molecule has 7 nitrogen and oxygen atoms in total. The third-order valence-corrected chi connectivity index (χ3v) is 7.73. The Morgan fingerprint density at radius 1 is 1.24 bits per heavy atom. The molecule has 3 unspecified atom stereocenters. The Morgan fingerprint density at radius 2 is 2.03 bits per heavy atom. The monoisotopic (exact) mass is 544 g/mol. The Bertz CT molecular complexity index is 1260. The van der Waals surface area contributed by atoms with Crippen LogP contribution < -0.4 is 5.32 Å². The molecule has 0 radical (unpaired) electrons. The number of H-pyrrole nitrogens is 1. The highest BCUT2D eigenvalue weighted by molar-refractivity contribution is 9.10. The number of aromatic hydroxyl groups is 1. The fourth-order valence-corrected chi connectivity index (χ4v) is 5.86. The van der Waals surface area contributed by atoms with Crippen LogP contribution in [0.25, 0.3) is 10.9 Å². The molecule has 1 aromatic heterocycles. The van der Waals surface area contributed by atoms with Crippen LogP contribution in [-0.2, 0) is 27.2 Å². The molecule has 1 amide bonds. The number of rotatable bonds is 8. The van der Waals surface area contributed by atoms with Gasteiger partial charge < -0.3 is 20.5 Å². The maximum Gasteiger partial charge on any atom is 0.326 e. The number of hydrogen-bond acceptors (Lipinski definition) is 5. The fourth-order valence-electron chi connectivity index (χ4n) is 4.65. The second-order valence-electron chi connectivity index (χ2n) is 8.54. The van der Waals surface area contributed by atoms with E-state index >= 15 is 0 Å². The van der Waals surface area contributed by atoms with Crippen LogP contribution in [0.15, 0.2) is 47.1 Å². The Morgan fingerprint density at radius 3 is 2.76 bits per heavy atom. The van der Waals surface area contributed by atoms with Gasteiger partial charge in [0, 0.05) is 40.7 Å². The molecule has 1 aliphatic carbocycles. The number of amides is 1. The highest BCUT2D eigenvalue weighted by Crippen LogP contribution is 2.41. The first-order valence-electron chi connectivity index (χ1n) is 11.0. The van der Waals surface area contributed by atoms with Crippen molar-refractivity contribution in [1.29, 1.82) is 0 Å². The van der Waals surface area contributed by atoms with E-state index in [2.05, 4.69) is 32.3 Å². The molecular weight excluding hydrogens is 520 g/mol. The van der Waals surface area contributed by atoms with E-state index in [9.17, 15) is 24.6 Å². The van der Waals surface area contributed by atoms with Crippen molar-refractivity contribution in [2.75, 3.05) is 5.75 Å². The zero-order chi connectivity index (χ0) is 24.4. The van der Waals surface area contributed by atoms with E-state index in [0.717, 1.165) is 40.2 Å². The summed E-state index contributed by atoms with van der Waals surface area (Å²) in [7, 11) is 0. The van der Waals surface area contributed by atoms with Crippen LogP contribution in [0.4, 0.5) is 0 Å². The molecule has 9 heteroatoms. The van der Waals surface area contributed by atoms with Crippen LogP contribution in [-0.4, -0.2) is 44.0 Å². The number of fused-ring (bicyclic) bond motifs is 2. The highest BCUT2D eigenvalue weighted by Gasteiger charge is 2.36. The second kappa shape index (κ2) is 10.2. The number of aromatic amines is 1. The van der Waals surface area contributed by atoms with Crippen molar-refractivity contribution in [2.24, 2.45) is 5.92 Å². The first-order chi connectivity index (χ1) is 16.2. The number of carbonyl (C=O) groups is 3. The number of nitrogens with one attached hydrogen (secondary N) is 2. The molecule has 34 heavy (non-hydrogen) atoms. The first kappa shape index (κ1) is 24.3. The summed E-state index contributed by atoms with van der Waals surface area (Å²) in [5.74, 6) is -1.77. The lowest BCUT2D eigenvalue weighted by atomic mass is 9.87. The van der Waals surface area contributed by atoms with Gasteiger partial charge in [-0.25, -0.2) is 4.79 Å². The number of carboxylic acids is 1. The third-order valence-electron chi connectivity index (χ3n) is 6.31. The minimum atomic E-state index is -1.15. The number of aromatic nitrogens is 1. The summed E-state index contributed by atoms with van der Waals surface area (Å²) in [6.45, 7) is 1.46. The first-order valence-corrected chi connectivity index (χ1v) is 12.7. The molecule has 0 bridgehead atoms. The van der Waals surface area contributed by atoms with Crippen LogP contribution in [0.3, 0.4) is 0 Å². The molecule has 3 aromatic rings. The Kier molecular flexibility index (Phi) is 7.33. The van der Waals surface area contributed by atoms with Crippen molar-refractivity contribution in [3.05, 3.63) is 63.8 Å². The number of benzene rings is 2. The van der Waals surface area contributed by atoms with Crippen molar-refractivity contribution in [2.45, 2.75) is 38.1 Å². The topological polar surface area (TPSA) is 119 Å². The van der Waals surface area contributed by atoms with Gasteiger partial charge in [0.2, 0.25) is 5.91 Å². The number of halogens is 1. The number of thioether (sulfide) groups is 1. The molecule has 0 aliphatic heterocycles. The molecule has 0 fully saturated rings.